The minimum Gasteiger partial charge on any atom is -0.490 e. The Balaban J connectivity index is 0.000000173. The first-order valence-electron chi connectivity index (χ1n) is 15.9. The van der Waals surface area contributed by atoms with Gasteiger partial charge in [-0.3, -0.25) is 24.5 Å². The van der Waals surface area contributed by atoms with Crippen LogP contribution in [-0.4, -0.2) is 90.9 Å². The maximum atomic E-state index is 13.6. The van der Waals surface area contributed by atoms with Crippen molar-refractivity contribution in [3.8, 4) is 5.75 Å². The number of piperidine rings is 2. The molecule has 240 valence electrons. The van der Waals surface area contributed by atoms with Crippen LogP contribution < -0.4 is 15.4 Å². The van der Waals surface area contributed by atoms with Gasteiger partial charge < -0.3 is 24.6 Å². The highest BCUT2D eigenvalue weighted by atomic mass is 19.3. The topological polar surface area (TPSA) is 117 Å². The molecule has 2 unspecified atom stereocenters. The van der Waals surface area contributed by atoms with Crippen LogP contribution in [0.25, 0.3) is 0 Å². The van der Waals surface area contributed by atoms with Gasteiger partial charge >= 0.3 is 0 Å². The van der Waals surface area contributed by atoms with E-state index in [1.807, 2.05) is 6.92 Å². The molecule has 5 fully saturated rings. The first-order chi connectivity index (χ1) is 21.0. The number of fused-ring (bicyclic) bond motifs is 1. The molecule has 2 N–H and O–H groups in total. The Kier molecular flexibility index (Phi) is 8.67. The summed E-state index contributed by atoms with van der Waals surface area (Å²) in [5, 5.41) is 5.60. The number of carbonyl (C=O) groups is 4. The van der Waals surface area contributed by atoms with Gasteiger partial charge in [0.05, 0.1) is 18.6 Å². The number of rotatable bonds is 5. The Labute approximate surface area is 256 Å². The van der Waals surface area contributed by atoms with Gasteiger partial charge in [0.2, 0.25) is 17.7 Å². The van der Waals surface area contributed by atoms with Crippen LogP contribution in [0.5, 0.6) is 5.75 Å². The number of amides is 4. The Hall–Kier alpha value is -3.12. The summed E-state index contributed by atoms with van der Waals surface area (Å²) in [6.45, 7) is 7.76. The first kappa shape index (κ1) is 30.9. The lowest BCUT2D eigenvalue weighted by Crippen LogP contribution is -2.56. The highest BCUT2D eigenvalue weighted by Gasteiger charge is 2.45. The van der Waals surface area contributed by atoms with Crippen molar-refractivity contribution >= 4 is 23.6 Å². The van der Waals surface area contributed by atoms with Crippen LogP contribution in [0, 0.1) is 17.3 Å². The molecular weight excluding hydrogens is 574 g/mol. The van der Waals surface area contributed by atoms with Crippen LogP contribution in [0.15, 0.2) is 18.2 Å². The summed E-state index contributed by atoms with van der Waals surface area (Å²) in [4.78, 5) is 51.8. The molecule has 0 radical (unpaired) electrons. The van der Waals surface area contributed by atoms with Gasteiger partial charge in [0, 0.05) is 44.5 Å². The molecule has 0 spiro atoms. The fourth-order valence-corrected chi connectivity index (χ4v) is 7.17. The average molecular weight is 617 g/mol. The molecule has 4 saturated heterocycles. The lowest BCUT2D eigenvalue weighted by molar-refractivity contribution is -0.170. The molecular formula is C32H42F2N4O6. The predicted molar refractivity (Wildman–Crippen MR) is 155 cm³/mol. The minimum atomic E-state index is -2.70. The van der Waals surface area contributed by atoms with Crippen molar-refractivity contribution in [3.05, 3.63) is 29.3 Å². The van der Waals surface area contributed by atoms with Crippen LogP contribution in [-0.2, 0) is 25.7 Å². The SMILES string of the molecule is CC1(C(=O)N2CCC(C3CNC3)CC2)COC1.O=C1CCC(N2Cc3cc(OC4CCCC(F)(F)C4)ccc3C2=O)C(=O)N1. The summed E-state index contributed by atoms with van der Waals surface area (Å²) in [6.07, 6.45) is 2.92. The summed E-state index contributed by atoms with van der Waals surface area (Å²) in [5.41, 5.74) is 0.955. The molecule has 0 aromatic heterocycles. The second-order valence-corrected chi connectivity index (χ2v) is 13.5. The molecule has 5 aliphatic heterocycles. The second-order valence-electron chi connectivity index (χ2n) is 13.5. The van der Waals surface area contributed by atoms with Crippen molar-refractivity contribution in [2.45, 2.75) is 82.9 Å². The number of benzene rings is 1. The van der Waals surface area contributed by atoms with E-state index >= 15 is 0 Å². The zero-order chi connectivity index (χ0) is 31.1. The third-order valence-corrected chi connectivity index (χ3v) is 10.1. The molecule has 1 aromatic carbocycles. The molecule has 12 heteroatoms. The van der Waals surface area contributed by atoms with Crippen LogP contribution >= 0.6 is 0 Å². The number of hydrogen-bond acceptors (Lipinski definition) is 7. The number of carbonyl (C=O) groups excluding carboxylic acids is 4. The van der Waals surface area contributed by atoms with E-state index in [0.29, 0.717) is 55.3 Å². The smallest absolute Gasteiger partial charge is 0.255 e. The van der Waals surface area contributed by atoms with Gasteiger partial charge in [-0.05, 0) is 87.7 Å². The van der Waals surface area contributed by atoms with E-state index in [1.165, 1.54) is 30.8 Å². The number of likely N-dealkylation sites (tertiary alicyclic amines) is 1. The lowest BCUT2D eigenvalue weighted by atomic mass is 9.79. The highest BCUT2D eigenvalue weighted by Crippen LogP contribution is 2.37. The Bertz CT molecular complexity index is 1290. The van der Waals surface area contributed by atoms with Crippen LogP contribution in [0.1, 0.15) is 74.2 Å². The molecule has 1 aliphatic carbocycles. The van der Waals surface area contributed by atoms with Crippen molar-refractivity contribution in [1.29, 1.82) is 0 Å². The fourth-order valence-electron chi connectivity index (χ4n) is 7.17. The third-order valence-electron chi connectivity index (χ3n) is 10.1. The number of nitrogens with one attached hydrogen (secondary N) is 2. The summed E-state index contributed by atoms with van der Waals surface area (Å²) >= 11 is 0. The molecule has 6 aliphatic rings. The van der Waals surface area contributed by atoms with Gasteiger partial charge in [-0.25, -0.2) is 8.78 Å². The molecule has 0 bridgehead atoms. The molecule has 7 rings (SSSR count). The molecule has 5 heterocycles. The predicted octanol–water partition coefficient (Wildman–Crippen LogP) is 2.89. The minimum absolute atomic E-state index is 0.105. The molecule has 1 saturated carbocycles. The van der Waals surface area contributed by atoms with E-state index < -0.39 is 24.0 Å². The van der Waals surface area contributed by atoms with E-state index in [2.05, 4.69) is 15.5 Å². The van der Waals surface area contributed by atoms with Crippen LogP contribution in [0.4, 0.5) is 8.78 Å². The first-order valence-corrected chi connectivity index (χ1v) is 15.9. The number of hydrogen-bond donors (Lipinski definition) is 2. The van der Waals surface area contributed by atoms with E-state index in [1.54, 1.807) is 18.2 Å². The maximum Gasteiger partial charge on any atom is 0.255 e. The zero-order valence-electron chi connectivity index (χ0n) is 25.2. The van der Waals surface area contributed by atoms with Gasteiger partial charge in [0.25, 0.3) is 11.8 Å². The summed E-state index contributed by atoms with van der Waals surface area (Å²) in [7, 11) is 0. The van der Waals surface area contributed by atoms with E-state index in [4.69, 9.17) is 9.47 Å². The number of nitrogens with zero attached hydrogens (tertiary/aromatic N) is 2. The largest absolute Gasteiger partial charge is 0.490 e. The molecule has 1 aromatic rings. The maximum absolute atomic E-state index is 13.6. The van der Waals surface area contributed by atoms with Crippen LogP contribution in [0.3, 0.4) is 0 Å². The van der Waals surface area contributed by atoms with Gasteiger partial charge in [-0.1, -0.05) is 0 Å². The number of alkyl halides is 2. The highest BCUT2D eigenvalue weighted by molar-refractivity contribution is 6.05. The number of ether oxygens (including phenoxy) is 2. The van der Waals surface area contributed by atoms with E-state index in [9.17, 15) is 28.0 Å². The van der Waals surface area contributed by atoms with Crippen molar-refractivity contribution in [2.75, 3.05) is 39.4 Å². The van der Waals surface area contributed by atoms with Gasteiger partial charge in [-0.2, -0.15) is 0 Å². The van der Waals surface area contributed by atoms with Crippen LogP contribution in [0.2, 0.25) is 0 Å². The average Bonchev–Trinajstić information content (AvgIpc) is 3.26. The van der Waals surface area contributed by atoms with E-state index in [-0.39, 0.29) is 43.0 Å². The molecule has 2 atom stereocenters. The Morgan fingerprint density at radius 1 is 1.05 bits per heavy atom. The van der Waals surface area contributed by atoms with Gasteiger partial charge in [0.1, 0.15) is 17.9 Å². The fraction of sp³-hybridized carbons (Fsp3) is 0.688. The quantitative estimate of drug-likeness (QED) is 0.489. The Morgan fingerprint density at radius 2 is 1.80 bits per heavy atom. The van der Waals surface area contributed by atoms with Crippen molar-refractivity contribution in [1.82, 2.24) is 20.4 Å². The number of halogens is 2. The molecule has 10 nitrogen and oxygen atoms in total. The van der Waals surface area contributed by atoms with Crippen molar-refractivity contribution in [3.63, 3.8) is 0 Å². The van der Waals surface area contributed by atoms with E-state index in [0.717, 1.165) is 24.9 Å². The van der Waals surface area contributed by atoms with Crippen molar-refractivity contribution in [2.24, 2.45) is 17.3 Å². The monoisotopic (exact) mass is 616 g/mol. The lowest BCUT2D eigenvalue weighted by Gasteiger charge is -2.44. The summed E-state index contributed by atoms with van der Waals surface area (Å²) in [5.74, 6) is -1.29. The van der Waals surface area contributed by atoms with Crippen molar-refractivity contribution < 1.29 is 37.4 Å². The van der Waals surface area contributed by atoms with Gasteiger partial charge in [-0.15, -0.1) is 0 Å². The molecule has 44 heavy (non-hydrogen) atoms. The summed E-state index contributed by atoms with van der Waals surface area (Å²) < 4.78 is 38.0. The second kappa shape index (κ2) is 12.3. The zero-order valence-corrected chi connectivity index (χ0v) is 25.2. The van der Waals surface area contributed by atoms with Gasteiger partial charge in [0.15, 0.2) is 0 Å². The standard InChI is InChI=1S/C19H20F2N2O4.C13H22N2O2/c20-19(21)7-1-2-13(9-19)27-12-3-4-14-11(8-12)10-23(18(14)26)15-5-6-16(24)22-17(15)25;1-13(8-17-9-13)12(16)15-4-2-10(3-5-15)11-6-14-7-11/h3-4,8,13,15H,1-2,5-7,9-10H2,(H,22,24,25);10-11,14H,2-9H2,1H3. The number of imide groups is 1. The Morgan fingerprint density at radius 3 is 2.41 bits per heavy atom. The molecule has 4 amide bonds. The summed E-state index contributed by atoms with van der Waals surface area (Å²) in [6, 6.07) is 4.23. The third kappa shape index (κ3) is 6.47. The normalized spacial score (nSPS) is 28.2.